The van der Waals surface area contributed by atoms with Gasteiger partial charge in [0.05, 0.1) is 12.2 Å². The third kappa shape index (κ3) is 4.49. The van der Waals surface area contributed by atoms with Crippen LogP contribution in [0.1, 0.15) is 23.7 Å². The topological polar surface area (TPSA) is 72.7 Å². The molecule has 158 valence electrons. The first-order chi connectivity index (χ1) is 15.1. The van der Waals surface area contributed by atoms with Gasteiger partial charge in [-0.3, -0.25) is 14.0 Å². The van der Waals surface area contributed by atoms with Crippen LogP contribution < -0.4 is 15.6 Å². The second kappa shape index (κ2) is 9.09. The maximum Gasteiger partial charge on any atom is 0.271 e. The van der Waals surface area contributed by atoms with Crippen molar-refractivity contribution in [2.24, 2.45) is 0 Å². The molecule has 0 bridgehead atoms. The zero-order valence-corrected chi connectivity index (χ0v) is 17.6. The summed E-state index contributed by atoms with van der Waals surface area (Å²) < 4.78 is 20.6. The lowest BCUT2D eigenvalue weighted by Gasteiger charge is -2.18. The Bertz CT molecular complexity index is 1270. The first-order valence-corrected chi connectivity index (χ1v) is 10.7. The quantitative estimate of drug-likeness (QED) is 0.472. The Hall–Kier alpha value is -3.52. The molecule has 1 N–H and O–H groups in total. The molecular formula is C23H20FN3O3S. The van der Waals surface area contributed by atoms with Gasteiger partial charge in [-0.1, -0.05) is 43.3 Å². The molecule has 0 aliphatic carbocycles. The SMILES string of the molecule is CCC(CNC(=O)c1cnc2scc(-c3ccccc3)n2c1=O)Oc1cccc(F)c1. The van der Waals surface area contributed by atoms with Crippen molar-refractivity contribution < 1.29 is 13.9 Å². The summed E-state index contributed by atoms with van der Waals surface area (Å²) >= 11 is 1.34. The number of ether oxygens (including phenoxy) is 1. The molecule has 1 atom stereocenters. The molecule has 31 heavy (non-hydrogen) atoms. The number of aromatic nitrogens is 2. The molecule has 4 aromatic rings. The monoisotopic (exact) mass is 437 g/mol. The molecule has 2 heterocycles. The molecular weight excluding hydrogens is 417 g/mol. The number of hydrogen-bond acceptors (Lipinski definition) is 5. The third-order valence-electron chi connectivity index (χ3n) is 4.80. The summed E-state index contributed by atoms with van der Waals surface area (Å²) in [5.41, 5.74) is 1.08. The van der Waals surface area contributed by atoms with Gasteiger partial charge in [-0.15, -0.1) is 11.3 Å². The highest BCUT2D eigenvalue weighted by Crippen LogP contribution is 2.23. The van der Waals surface area contributed by atoms with Gasteiger partial charge in [0.2, 0.25) is 0 Å². The highest BCUT2D eigenvalue weighted by atomic mass is 32.1. The van der Waals surface area contributed by atoms with Crippen molar-refractivity contribution >= 4 is 22.2 Å². The van der Waals surface area contributed by atoms with Gasteiger partial charge in [0.15, 0.2) is 4.96 Å². The van der Waals surface area contributed by atoms with Gasteiger partial charge < -0.3 is 10.1 Å². The van der Waals surface area contributed by atoms with Crippen LogP contribution in [0.15, 0.2) is 71.0 Å². The second-order valence-electron chi connectivity index (χ2n) is 6.90. The Morgan fingerprint density at radius 3 is 2.77 bits per heavy atom. The fraction of sp³-hybridized carbons (Fsp3) is 0.174. The van der Waals surface area contributed by atoms with Gasteiger partial charge in [0.1, 0.15) is 23.2 Å². The van der Waals surface area contributed by atoms with Crippen LogP contribution >= 0.6 is 11.3 Å². The molecule has 0 aliphatic rings. The van der Waals surface area contributed by atoms with E-state index < -0.39 is 17.3 Å². The molecule has 6 nitrogen and oxygen atoms in total. The summed E-state index contributed by atoms with van der Waals surface area (Å²) in [7, 11) is 0. The van der Waals surface area contributed by atoms with Crippen LogP contribution in [0.25, 0.3) is 16.2 Å². The lowest BCUT2D eigenvalue weighted by molar-refractivity contribution is 0.0924. The number of carbonyl (C=O) groups is 1. The predicted molar refractivity (Wildman–Crippen MR) is 118 cm³/mol. The van der Waals surface area contributed by atoms with Crippen molar-refractivity contribution in [2.45, 2.75) is 19.4 Å². The lowest BCUT2D eigenvalue weighted by Crippen LogP contribution is -2.38. The van der Waals surface area contributed by atoms with Crippen molar-refractivity contribution in [2.75, 3.05) is 6.54 Å². The molecule has 0 saturated heterocycles. The molecule has 0 radical (unpaired) electrons. The standard InChI is InChI=1S/C23H20FN3O3S/c1-2-17(30-18-10-6-9-16(24)11-18)12-25-21(28)19-13-26-23-27(22(19)29)20(14-31-23)15-7-4-3-5-8-15/h3-11,13-14,17H,2,12H2,1H3,(H,25,28). The fourth-order valence-corrected chi connectivity index (χ4v) is 4.02. The zero-order valence-electron chi connectivity index (χ0n) is 16.7. The third-order valence-corrected chi connectivity index (χ3v) is 5.64. The smallest absolute Gasteiger partial charge is 0.271 e. The van der Waals surface area contributed by atoms with Crippen molar-refractivity contribution in [3.63, 3.8) is 0 Å². The van der Waals surface area contributed by atoms with E-state index >= 15 is 0 Å². The number of fused-ring (bicyclic) bond motifs is 1. The van der Waals surface area contributed by atoms with Crippen LogP contribution in [-0.4, -0.2) is 27.9 Å². The van der Waals surface area contributed by atoms with Crippen LogP contribution in [0, 0.1) is 5.82 Å². The molecule has 0 saturated carbocycles. The normalized spacial score (nSPS) is 11.9. The van der Waals surface area contributed by atoms with E-state index in [4.69, 9.17) is 4.74 Å². The summed E-state index contributed by atoms with van der Waals surface area (Å²) in [4.78, 5) is 30.6. The second-order valence-corrected chi connectivity index (χ2v) is 7.73. The lowest BCUT2D eigenvalue weighted by atomic mass is 10.2. The molecule has 4 rings (SSSR count). The summed E-state index contributed by atoms with van der Waals surface area (Å²) in [6.07, 6.45) is 1.52. The van der Waals surface area contributed by atoms with Crippen LogP contribution in [0.5, 0.6) is 5.75 Å². The first-order valence-electron chi connectivity index (χ1n) is 9.82. The molecule has 2 aromatic carbocycles. The highest BCUT2D eigenvalue weighted by Gasteiger charge is 2.18. The van der Waals surface area contributed by atoms with E-state index in [0.717, 1.165) is 5.56 Å². The number of nitrogens with one attached hydrogen (secondary N) is 1. The number of thiazole rings is 1. The molecule has 2 aromatic heterocycles. The maximum atomic E-state index is 13.4. The minimum atomic E-state index is -0.529. The number of hydrogen-bond donors (Lipinski definition) is 1. The van der Waals surface area contributed by atoms with Gasteiger partial charge in [-0.25, -0.2) is 9.37 Å². The minimum Gasteiger partial charge on any atom is -0.489 e. The minimum absolute atomic E-state index is 0.0475. The molecule has 0 spiro atoms. The first kappa shape index (κ1) is 20.7. The van der Waals surface area contributed by atoms with E-state index in [1.165, 1.54) is 34.1 Å². The Morgan fingerprint density at radius 2 is 2.03 bits per heavy atom. The van der Waals surface area contributed by atoms with Crippen molar-refractivity contribution in [3.8, 4) is 17.0 Å². The largest absolute Gasteiger partial charge is 0.489 e. The van der Waals surface area contributed by atoms with E-state index in [0.29, 0.717) is 22.8 Å². The van der Waals surface area contributed by atoms with Crippen molar-refractivity contribution in [1.29, 1.82) is 0 Å². The zero-order chi connectivity index (χ0) is 21.8. The molecule has 1 amide bonds. The summed E-state index contributed by atoms with van der Waals surface area (Å²) in [5, 5.41) is 4.58. The Kier molecular flexibility index (Phi) is 6.08. The Balaban J connectivity index is 1.54. The average Bonchev–Trinajstić information content (AvgIpc) is 3.22. The Labute approximate surface area is 182 Å². The molecule has 1 unspecified atom stereocenters. The van der Waals surface area contributed by atoms with E-state index in [9.17, 15) is 14.0 Å². The van der Waals surface area contributed by atoms with Crippen molar-refractivity contribution in [1.82, 2.24) is 14.7 Å². The number of rotatable bonds is 7. The molecule has 0 aliphatic heterocycles. The fourth-order valence-electron chi connectivity index (χ4n) is 3.16. The number of nitrogens with zero attached hydrogens (tertiary/aromatic N) is 2. The Morgan fingerprint density at radius 1 is 1.23 bits per heavy atom. The number of benzene rings is 2. The number of halogens is 1. The molecule has 0 fully saturated rings. The van der Waals surface area contributed by atoms with E-state index in [1.54, 1.807) is 12.1 Å². The maximum absolute atomic E-state index is 13.4. The van der Waals surface area contributed by atoms with Gasteiger partial charge in [0.25, 0.3) is 11.5 Å². The van der Waals surface area contributed by atoms with Crippen LogP contribution in [0.2, 0.25) is 0 Å². The van der Waals surface area contributed by atoms with Crippen molar-refractivity contribution in [3.05, 3.63) is 87.9 Å². The van der Waals surface area contributed by atoms with Gasteiger partial charge in [0, 0.05) is 17.6 Å². The van der Waals surface area contributed by atoms with Crippen LogP contribution in [0.4, 0.5) is 4.39 Å². The van der Waals surface area contributed by atoms with Crippen LogP contribution in [-0.2, 0) is 0 Å². The number of carbonyl (C=O) groups excluding carboxylic acids is 1. The van der Waals surface area contributed by atoms with Crippen LogP contribution in [0.3, 0.4) is 0 Å². The van der Waals surface area contributed by atoms with Gasteiger partial charge >= 0.3 is 0 Å². The predicted octanol–water partition coefficient (Wildman–Crippen LogP) is 4.15. The molecule has 8 heteroatoms. The van der Waals surface area contributed by atoms with E-state index in [-0.39, 0.29) is 18.2 Å². The summed E-state index contributed by atoms with van der Waals surface area (Å²) in [5.74, 6) is -0.540. The highest BCUT2D eigenvalue weighted by molar-refractivity contribution is 7.15. The van der Waals surface area contributed by atoms with E-state index in [1.807, 2.05) is 42.6 Å². The summed E-state index contributed by atoms with van der Waals surface area (Å²) in [6.45, 7) is 2.07. The van der Waals surface area contributed by atoms with E-state index in [2.05, 4.69) is 10.3 Å². The average molecular weight is 437 g/mol. The van der Waals surface area contributed by atoms with Gasteiger partial charge in [-0.05, 0) is 24.1 Å². The summed E-state index contributed by atoms with van der Waals surface area (Å²) in [6, 6.07) is 15.3. The van der Waals surface area contributed by atoms with Gasteiger partial charge in [-0.2, -0.15) is 0 Å². The number of amides is 1.